The van der Waals surface area contributed by atoms with E-state index < -0.39 is 0 Å². The molecule has 0 saturated heterocycles. The third kappa shape index (κ3) is 3.58. The molecule has 0 unspecified atom stereocenters. The topological polar surface area (TPSA) is 55.1 Å². The number of anilines is 1. The van der Waals surface area contributed by atoms with Crippen molar-refractivity contribution >= 4 is 27.5 Å². The fourth-order valence-corrected chi connectivity index (χ4v) is 2.19. The van der Waals surface area contributed by atoms with Crippen molar-refractivity contribution in [3.63, 3.8) is 0 Å². The number of hydrogen-bond acceptors (Lipinski definition) is 2. The van der Waals surface area contributed by atoms with Gasteiger partial charge in [-0.15, -0.1) is 0 Å². The summed E-state index contributed by atoms with van der Waals surface area (Å²) in [6.45, 7) is 1.96. The summed E-state index contributed by atoms with van der Waals surface area (Å²) < 4.78 is 0.999. The quantitative estimate of drug-likeness (QED) is 0.851. The van der Waals surface area contributed by atoms with Crippen molar-refractivity contribution in [1.29, 1.82) is 0 Å². The Bertz CT molecular complexity index is 581. The molecule has 0 heterocycles. The first-order valence-electron chi connectivity index (χ1n) is 5.98. The number of amides is 1. The van der Waals surface area contributed by atoms with Crippen LogP contribution in [0.2, 0.25) is 0 Å². The molecule has 0 aliphatic carbocycles. The number of nitrogens with two attached hydrogens (primary N) is 1. The van der Waals surface area contributed by atoms with Gasteiger partial charge in [-0.25, -0.2) is 0 Å². The average molecular weight is 319 g/mol. The van der Waals surface area contributed by atoms with Crippen LogP contribution < -0.4 is 11.1 Å². The van der Waals surface area contributed by atoms with Crippen LogP contribution in [0, 0.1) is 0 Å². The Kier molecular flexibility index (Phi) is 4.22. The first kappa shape index (κ1) is 13.6. The molecule has 0 aromatic heterocycles. The van der Waals surface area contributed by atoms with Gasteiger partial charge >= 0.3 is 0 Å². The van der Waals surface area contributed by atoms with E-state index in [1.165, 1.54) is 0 Å². The molecule has 1 amide bonds. The molecule has 3 nitrogen and oxygen atoms in total. The van der Waals surface area contributed by atoms with Crippen LogP contribution in [0.25, 0.3) is 0 Å². The van der Waals surface area contributed by atoms with Gasteiger partial charge in [0, 0.05) is 15.7 Å². The number of rotatable bonds is 3. The highest BCUT2D eigenvalue weighted by molar-refractivity contribution is 9.10. The zero-order chi connectivity index (χ0) is 13.8. The maximum atomic E-state index is 12.1. The first-order chi connectivity index (χ1) is 9.06. The van der Waals surface area contributed by atoms with Crippen LogP contribution in [0.5, 0.6) is 0 Å². The van der Waals surface area contributed by atoms with E-state index in [0.29, 0.717) is 11.3 Å². The largest absolute Gasteiger partial charge is 0.399 e. The monoisotopic (exact) mass is 318 g/mol. The molecule has 2 aromatic carbocycles. The van der Waals surface area contributed by atoms with Gasteiger partial charge in [0.05, 0.1) is 6.04 Å². The van der Waals surface area contributed by atoms with Crippen LogP contribution in [0.3, 0.4) is 0 Å². The zero-order valence-corrected chi connectivity index (χ0v) is 12.1. The van der Waals surface area contributed by atoms with Gasteiger partial charge in [-0.05, 0) is 48.9 Å². The van der Waals surface area contributed by atoms with Gasteiger partial charge in [0.1, 0.15) is 0 Å². The molecule has 0 bridgehead atoms. The van der Waals surface area contributed by atoms with Gasteiger partial charge in [0.25, 0.3) is 5.91 Å². The summed E-state index contributed by atoms with van der Waals surface area (Å²) in [6.07, 6.45) is 0. The van der Waals surface area contributed by atoms with E-state index in [1.54, 1.807) is 24.3 Å². The Hall–Kier alpha value is -1.81. The highest BCUT2D eigenvalue weighted by atomic mass is 79.9. The molecule has 0 spiro atoms. The van der Waals surface area contributed by atoms with Gasteiger partial charge in [-0.3, -0.25) is 4.79 Å². The van der Waals surface area contributed by atoms with E-state index >= 15 is 0 Å². The van der Waals surface area contributed by atoms with E-state index in [0.717, 1.165) is 10.0 Å². The van der Waals surface area contributed by atoms with Crippen LogP contribution in [0.1, 0.15) is 28.9 Å². The lowest BCUT2D eigenvalue weighted by molar-refractivity contribution is 0.0940. The van der Waals surface area contributed by atoms with E-state index in [9.17, 15) is 4.79 Å². The van der Waals surface area contributed by atoms with Gasteiger partial charge in [-0.1, -0.05) is 28.1 Å². The number of hydrogen-bond donors (Lipinski definition) is 2. The van der Waals surface area contributed by atoms with Crippen LogP contribution >= 0.6 is 15.9 Å². The molecule has 4 heteroatoms. The molecule has 0 radical (unpaired) electrons. The summed E-state index contributed by atoms with van der Waals surface area (Å²) in [7, 11) is 0. The third-order valence-electron chi connectivity index (χ3n) is 2.87. The average Bonchev–Trinajstić information content (AvgIpc) is 2.39. The maximum Gasteiger partial charge on any atom is 0.251 e. The predicted octanol–water partition coefficient (Wildman–Crippen LogP) is 3.52. The highest BCUT2D eigenvalue weighted by Crippen LogP contribution is 2.18. The molecule has 0 saturated carbocycles. The Morgan fingerprint density at radius 1 is 1.21 bits per heavy atom. The van der Waals surface area contributed by atoms with E-state index in [1.807, 2.05) is 31.2 Å². The van der Waals surface area contributed by atoms with Crippen molar-refractivity contribution in [3.05, 3.63) is 64.1 Å². The lowest BCUT2D eigenvalue weighted by Gasteiger charge is -2.14. The molecule has 19 heavy (non-hydrogen) atoms. The minimum Gasteiger partial charge on any atom is -0.399 e. The van der Waals surface area contributed by atoms with E-state index in [-0.39, 0.29) is 11.9 Å². The third-order valence-corrected chi connectivity index (χ3v) is 3.36. The minimum absolute atomic E-state index is 0.0532. The lowest BCUT2D eigenvalue weighted by Crippen LogP contribution is -2.26. The molecular formula is C15H15BrN2O. The first-order valence-corrected chi connectivity index (χ1v) is 6.77. The van der Waals surface area contributed by atoms with Gasteiger partial charge < -0.3 is 11.1 Å². The number of nitrogen functional groups attached to an aromatic ring is 1. The second kappa shape index (κ2) is 5.89. The molecule has 2 rings (SSSR count). The molecule has 98 valence electrons. The van der Waals surface area contributed by atoms with E-state index in [2.05, 4.69) is 21.2 Å². The van der Waals surface area contributed by atoms with Crippen molar-refractivity contribution in [2.75, 3.05) is 5.73 Å². The smallest absolute Gasteiger partial charge is 0.251 e. The van der Waals surface area contributed by atoms with Gasteiger partial charge in [-0.2, -0.15) is 0 Å². The molecule has 0 aliphatic rings. The fourth-order valence-electron chi connectivity index (χ4n) is 1.77. The van der Waals surface area contributed by atoms with Crippen molar-refractivity contribution < 1.29 is 4.79 Å². The van der Waals surface area contributed by atoms with Crippen LogP contribution in [-0.4, -0.2) is 5.91 Å². The number of benzene rings is 2. The molecule has 0 aliphatic heterocycles. The van der Waals surface area contributed by atoms with Crippen molar-refractivity contribution in [1.82, 2.24) is 5.32 Å². The summed E-state index contributed by atoms with van der Waals surface area (Å²) in [4.78, 5) is 12.1. The number of carbonyl (C=O) groups is 1. The lowest BCUT2D eigenvalue weighted by atomic mass is 10.1. The van der Waals surface area contributed by atoms with Crippen LogP contribution in [0.4, 0.5) is 5.69 Å². The normalized spacial score (nSPS) is 11.9. The van der Waals surface area contributed by atoms with Gasteiger partial charge in [0.2, 0.25) is 0 Å². The Morgan fingerprint density at radius 3 is 2.53 bits per heavy atom. The SMILES string of the molecule is C[C@H](NC(=O)c1ccc(N)cc1)c1cccc(Br)c1. The molecule has 2 aromatic rings. The molecule has 1 atom stereocenters. The van der Waals surface area contributed by atoms with Crippen molar-refractivity contribution in [2.45, 2.75) is 13.0 Å². The zero-order valence-electron chi connectivity index (χ0n) is 10.6. The second-order valence-electron chi connectivity index (χ2n) is 4.37. The highest BCUT2D eigenvalue weighted by Gasteiger charge is 2.11. The Balaban J connectivity index is 2.08. The maximum absolute atomic E-state index is 12.1. The Morgan fingerprint density at radius 2 is 1.89 bits per heavy atom. The summed E-state index contributed by atoms with van der Waals surface area (Å²) in [5, 5.41) is 2.96. The van der Waals surface area contributed by atoms with E-state index in [4.69, 9.17) is 5.73 Å². The van der Waals surface area contributed by atoms with Crippen molar-refractivity contribution in [2.24, 2.45) is 0 Å². The standard InChI is InChI=1S/C15H15BrN2O/c1-10(12-3-2-4-13(16)9-12)18-15(19)11-5-7-14(17)8-6-11/h2-10H,17H2,1H3,(H,18,19)/t10-/m0/s1. The van der Waals surface area contributed by atoms with Gasteiger partial charge in [0.15, 0.2) is 0 Å². The number of nitrogens with one attached hydrogen (secondary N) is 1. The Labute approximate surface area is 121 Å². The van der Waals surface area contributed by atoms with Crippen LogP contribution in [0.15, 0.2) is 53.0 Å². The predicted molar refractivity (Wildman–Crippen MR) is 80.9 cm³/mol. The molecular weight excluding hydrogens is 304 g/mol. The number of carbonyl (C=O) groups excluding carboxylic acids is 1. The van der Waals surface area contributed by atoms with Crippen molar-refractivity contribution in [3.8, 4) is 0 Å². The molecule has 0 fully saturated rings. The molecule has 3 N–H and O–H groups in total. The van der Waals surface area contributed by atoms with Crippen LogP contribution in [-0.2, 0) is 0 Å². The minimum atomic E-state index is -0.104. The number of halogens is 1. The summed E-state index contributed by atoms with van der Waals surface area (Å²) >= 11 is 3.42. The fraction of sp³-hybridized carbons (Fsp3) is 0.133. The second-order valence-corrected chi connectivity index (χ2v) is 5.29. The summed E-state index contributed by atoms with van der Waals surface area (Å²) in [6, 6.07) is 14.7. The summed E-state index contributed by atoms with van der Waals surface area (Å²) in [5.41, 5.74) is 7.91. The summed E-state index contributed by atoms with van der Waals surface area (Å²) in [5.74, 6) is -0.104.